The quantitative estimate of drug-likeness (QED) is 0.347. The number of imidazole rings is 1. The van der Waals surface area contributed by atoms with Crippen LogP contribution in [-0.2, 0) is 10.0 Å². The predicted octanol–water partition coefficient (Wildman–Crippen LogP) is 5.69. The molecule has 0 unspecified atom stereocenters. The third-order valence-corrected chi connectivity index (χ3v) is 8.63. The minimum atomic E-state index is -3.65. The summed E-state index contributed by atoms with van der Waals surface area (Å²) < 4.78 is 27.9. The van der Waals surface area contributed by atoms with Crippen molar-refractivity contribution in [3.63, 3.8) is 0 Å². The van der Waals surface area contributed by atoms with E-state index in [9.17, 15) is 13.2 Å². The molecule has 0 saturated carbocycles. The number of sulfonamides is 1. The number of amides is 1. The number of halogens is 2. The molecule has 1 fully saturated rings. The lowest BCUT2D eigenvalue weighted by Crippen LogP contribution is -2.38. The standard InChI is InChI=1S/C25H22Cl2N4O3S/c26-17-5-10-20(21(27)15-17)25(32)28-18-6-8-19(9-7-18)35(33,34)31-13-11-16(12-14-31)24-29-22-3-1-2-4-23(22)30-24/h1-10,15-16H,11-14H2,(H,28,32)(H,29,30). The summed E-state index contributed by atoms with van der Waals surface area (Å²) in [5, 5.41) is 3.40. The highest BCUT2D eigenvalue weighted by Gasteiger charge is 2.31. The molecule has 1 aliphatic rings. The van der Waals surface area contributed by atoms with Crippen molar-refractivity contribution in [2.45, 2.75) is 23.7 Å². The molecule has 3 aromatic carbocycles. The van der Waals surface area contributed by atoms with E-state index >= 15 is 0 Å². The highest BCUT2D eigenvalue weighted by Crippen LogP contribution is 2.31. The second-order valence-electron chi connectivity index (χ2n) is 8.42. The molecule has 180 valence electrons. The van der Waals surface area contributed by atoms with E-state index in [-0.39, 0.29) is 21.4 Å². The first-order valence-electron chi connectivity index (χ1n) is 11.1. The molecule has 10 heteroatoms. The van der Waals surface area contributed by atoms with Gasteiger partial charge in [0.15, 0.2) is 0 Å². The number of nitrogens with one attached hydrogen (secondary N) is 2. The van der Waals surface area contributed by atoms with Crippen LogP contribution < -0.4 is 5.32 Å². The summed E-state index contributed by atoms with van der Waals surface area (Å²) in [6, 6.07) is 18.6. The number of carbonyl (C=O) groups is 1. The van der Waals surface area contributed by atoms with Crippen LogP contribution in [0.2, 0.25) is 10.0 Å². The molecule has 0 radical (unpaired) electrons. The molecule has 0 aliphatic carbocycles. The van der Waals surface area contributed by atoms with Gasteiger partial charge in [0.05, 0.1) is 26.5 Å². The molecule has 1 aliphatic heterocycles. The van der Waals surface area contributed by atoms with Crippen LogP contribution in [0.5, 0.6) is 0 Å². The number of benzene rings is 3. The van der Waals surface area contributed by atoms with Gasteiger partial charge in [0, 0.05) is 29.7 Å². The summed E-state index contributed by atoms with van der Waals surface area (Å²) in [7, 11) is -3.65. The van der Waals surface area contributed by atoms with Gasteiger partial charge in [0.2, 0.25) is 10.0 Å². The number of H-pyrrole nitrogens is 1. The van der Waals surface area contributed by atoms with E-state index in [0.29, 0.717) is 36.6 Å². The van der Waals surface area contributed by atoms with Gasteiger partial charge in [-0.15, -0.1) is 0 Å². The van der Waals surface area contributed by atoms with Crippen molar-refractivity contribution in [1.82, 2.24) is 14.3 Å². The molecule has 0 bridgehead atoms. The smallest absolute Gasteiger partial charge is 0.257 e. The maximum atomic E-state index is 13.2. The fourth-order valence-electron chi connectivity index (χ4n) is 4.27. The Balaban J connectivity index is 1.24. The third-order valence-electron chi connectivity index (χ3n) is 6.17. The molecule has 4 aromatic rings. The SMILES string of the molecule is O=C(Nc1ccc(S(=O)(=O)N2CCC(c3nc4ccccc4[nH]3)CC2)cc1)c1ccc(Cl)cc1Cl. The van der Waals surface area contributed by atoms with Crippen LogP contribution in [0.15, 0.2) is 71.6 Å². The maximum Gasteiger partial charge on any atom is 0.257 e. The van der Waals surface area contributed by atoms with Gasteiger partial charge in [-0.05, 0) is 67.4 Å². The predicted molar refractivity (Wildman–Crippen MR) is 138 cm³/mol. The Morgan fingerprint density at radius 3 is 2.40 bits per heavy atom. The summed E-state index contributed by atoms with van der Waals surface area (Å²) >= 11 is 12.0. The molecule has 35 heavy (non-hydrogen) atoms. The van der Waals surface area contributed by atoms with Gasteiger partial charge in [0.25, 0.3) is 5.91 Å². The average molecular weight is 529 g/mol. The van der Waals surface area contributed by atoms with Gasteiger partial charge < -0.3 is 10.3 Å². The lowest BCUT2D eigenvalue weighted by atomic mass is 9.97. The molecule has 1 saturated heterocycles. The van der Waals surface area contributed by atoms with Crippen LogP contribution in [0.3, 0.4) is 0 Å². The number of aromatic amines is 1. The molecule has 5 rings (SSSR count). The van der Waals surface area contributed by atoms with Gasteiger partial charge in [-0.25, -0.2) is 13.4 Å². The first kappa shape index (κ1) is 23.8. The molecule has 1 aromatic heterocycles. The molecule has 2 N–H and O–H groups in total. The highest BCUT2D eigenvalue weighted by atomic mass is 35.5. The van der Waals surface area contributed by atoms with E-state index in [4.69, 9.17) is 23.2 Å². The number of carbonyl (C=O) groups excluding carboxylic acids is 1. The van der Waals surface area contributed by atoms with E-state index < -0.39 is 15.9 Å². The van der Waals surface area contributed by atoms with Crippen molar-refractivity contribution in [3.8, 4) is 0 Å². The fourth-order valence-corrected chi connectivity index (χ4v) is 6.23. The number of fused-ring (bicyclic) bond motifs is 1. The Morgan fingerprint density at radius 1 is 1.00 bits per heavy atom. The van der Waals surface area contributed by atoms with Gasteiger partial charge in [0.1, 0.15) is 5.82 Å². The Hall–Kier alpha value is -2.91. The van der Waals surface area contributed by atoms with E-state index in [2.05, 4.69) is 15.3 Å². The lowest BCUT2D eigenvalue weighted by molar-refractivity contribution is 0.102. The topological polar surface area (TPSA) is 95.2 Å². The summed E-state index contributed by atoms with van der Waals surface area (Å²) in [4.78, 5) is 20.7. The number of nitrogens with zero attached hydrogens (tertiary/aromatic N) is 2. The van der Waals surface area contributed by atoms with Crippen molar-refractivity contribution < 1.29 is 13.2 Å². The number of hydrogen-bond donors (Lipinski definition) is 2. The summed E-state index contributed by atoms with van der Waals surface area (Å²) in [5.74, 6) is 0.685. The van der Waals surface area contributed by atoms with Gasteiger partial charge in [-0.1, -0.05) is 35.3 Å². The molecular weight excluding hydrogens is 507 g/mol. The van der Waals surface area contributed by atoms with E-state index in [0.717, 1.165) is 16.9 Å². The van der Waals surface area contributed by atoms with Crippen molar-refractivity contribution in [3.05, 3.63) is 88.2 Å². The first-order valence-corrected chi connectivity index (χ1v) is 13.3. The number of piperidine rings is 1. The summed E-state index contributed by atoms with van der Waals surface area (Å²) in [5.41, 5.74) is 2.65. The number of rotatable bonds is 5. The summed E-state index contributed by atoms with van der Waals surface area (Å²) in [6.45, 7) is 0.829. The van der Waals surface area contributed by atoms with E-state index in [1.54, 1.807) is 18.2 Å². The largest absolute Gasteiger partial charge is 0.342 e. The van der Waals surface area contributed by atoms with Crippen LogP contribution in [0.1, 0.15) is 34.9 Å². The molecule has 0 spiro atoms. The second-order valence-corrected chi connectivity index (χ2v) is 11.2. The number of anilines is 1. The molecular formula is C25H22Cl2N4O3S. The maximum absolute atomic E-state index is 13.2. The number of aromatic nitrogens is 2. The zero-order valence-electron chi connectivity index (χ0n) is 18.5. The lowest BCUT2D eigenvalue weighted by Gasteiger charge is -2.30. The highest BCUT2D eigenvalue weighted by molar-refractivity contribution is 7.89. The summed E-state index contributed by atoms with van der Waals surface area (Å²) in [6.07, 6.45) is 1.38. The van der Waals surface area contributed by atoms with E-state index in [1.165, 1.54) is 28.6 Å². The van der Waals surface area contributed by atoms with Crippen LogP contribution in [0, 0.1) is 0 Å². The fraction of sp³-hybridized carbons (Fsp3) is 0.200. The molecule has 7 nitrogen and oxygen atoms in total. The third kappa shape index (κ3) is 4.92. The second kappa shape index (κ2) is 9.62. The van der Waals surface area contributed by atoms with Crippen LogP contribution in [0.4, 0.5) is 5.69 Å². The molecule has 0 atom stereocenters. The van der Waals surface area contributed by atoms with Crippen molar-refractivity contribution >= 4 is 55.9 Å². The molecule has 2 heterocycles. The first-order chi connectivity index (χ1) is 16.8. The van der Waals surface area contributed by atoms with Crippen LogP contribution >= 0.6 is 23.2 Å². The van der Waals surface area contributed by atoms with Crippen LogP contribution in [0.25, 0.3) is 11.0 Å². The van der Waals surface area contributed by atoms with Gasteiger partial charge >= 0.3 is 0 Å². The zero-order chi connectivity index (χ0) is 24.6. The average Bonchev–Trinajstić information content (AvgIpc) is 3.29. The van der Waals surface area contributed by atoms with Crippen molar-refractivity contribution in [1.29, 1.82) is 0 Å². The monoisotopic (exact) mass is 528 g/mol. The minimum absolute atomic E-state index is 0.183. The van der Waals surface area contributed by atoms with Crippen molar-refractivity contribution in [2.75, 3.05) is 18.4 Å². The van der Waals surface area contributed by atoms with Gasteiger partial charge in [-0.2, -0.15) is 4.31 Å². The normalized spacial score (nSPS) is 15.4. The Labute approximate surface area is 213 Å². The Morgan fingerprint density at radius 2 is 1.71 bits per heavy atom. The Bertz CT molecular complexity index is 1460. The zero-order valence-corrected chi connectivity index (χ0v) is 20.9. The number of para-hydroxylation sites is 2. The van der Waals surface area contributed by atoms with Crippen LogP contribution in [-0.4, -0.2) is 41.7 Å². The minimum Gasteiger partial charge on any atom is -0.342 e. The molecule has 1 amide bonds. The van der Waals surface area contributed by atoms with Gasteiger partial charge in [-0.3, -0.25) is 4.79 Å². The van der Waals surface area contributed by atoms with E-state index in [1.807, 2.05) is 24.3 Å². The number of hydrogen-bond acceptors (Lipinski definition) is 4. The van der Waals surface area contributed by atoms with Crippen molar-refractivity contribution in [2.24, 2.45) is 0 Å². The Kier molecular flexibility index (Phi) is 6.55.